The number of nitrogens with one attached hydrogen (secondary N) is 1. The Morgan fingerprint density at radius 1 is 1.38 bits per heavy atom. The zero-order chi connectivity index (χ0) is 15.7. The molecule has 0 aromatic heterocycles. The van der Waals surface area contributed by atoms with Gasteiger partial charge in [0.1, 0.15) is 5.54 Å². The maximum Gasteiger partial charge on any atom is 0.109 e. The highest BCUT2D eigenvalue weighted by molar-refractivity contribution is 5.14. The zero-order valence-electron chi connectivity index (χ0n) is 14.6. The van der Waals surface area contributed by atoms with Gasteiger partial charge in [-0.15, -0.1) is 0 Å². The molecule has 0 aromatic rings. The molecule has 21 heavy (non-hydrogen) atoms. The molecule has 0 aromatic carbocycles. The third-order valence-corrected chi connectivity index (χ3v) is 5.22. The number of rotatable bonds is 10. The number of nitrogens with zero attached hydrogens (tertiary/aromatic N) is 2. The summed E-state index contributed by atoms with van der Waals surface area (Å²) < 4.78 is 0. The lowest BCUT2D eigenvalue weighted by molar-refractivity contribution is 0.207. The molecule has 0 amide bonds. The molecular weight excluding hydrogens is 258 g/mol. The van der Waals surface area contributed by atoms with Crippen molar-refractivity contribution in [1.29, 1.82) is 5.26 Å². The van der Waals surface area contributed by atoms with Crippen molar-refractivity contribution in [2.75, 3.05) is 26.2 Å². The van der Waals surface area contributed by atoms with E-state index in [1.807, 2.05) is 0 Å². The van der Waals surface area contributed by atoms with Crippen molar-refractivity contribution in [3.63, 3.8) is 0 Å². The van der Waals surface area contributed by atoms with Gasteiger partial charge in [0.05, 0.1) is 6.07 Å². The first-order valence-corrected chi connectivity index (χ1v) is 9.00. The van der Waals surface area contributed by atoms with Gasteiger partial charge in [-0.2, -0.15) is 5.26 Å². The van der Waals surface area contributed by atoms with Gasteiger partial charge in [-0.25, -0.2) is 0 Å². The minimum Gasteiger partial charge on any atom is -0.303 e. The third-order valence-electron chi connectivity index (χ3n) is 5.22. The number of hydrogen-bond acceptors (Lipinski definition) is 3. The fourth-order valence-corrected chi connectivity index (χ4v) is 3.52. The molecule has 1 rings (SSSR count). The van der Waals surface area contributed by atoms with Crippen molar-refractivity contribution in [3.8, 4) is 6.07 Å². The van der Waals surface area contributed by atoms with E-state index in [4.69, 9.17) is 0 Å². The fraction of sp³-hybridized carbons (Fsp3) is 0.944. The van der Waals surface area contributed by atoms with Crippen molar-refractivity contribution >= 4 is 0 Å². The highest BCUT2D eigenvalue weighted by atomic mass is 15.1. The van der Waals surface area contributed by atoms with Crippen LogP contribution < -0.4 is 5.32 Å². The molecule has 0 saturated heterocycles. The van der Waals surface area contributed by atoms with Crippen LogP contribution in [0, 0.1) is 23.2 Å². The molecule has 1 aliphatic rings. The van der Waals surface area contributed by atoms with E-state index in [9.17, 15) is 5.26 Å². The molecule has 122 valence electrons. The first kappa shape index (κ1) is 18.5. The SMILES string of the molecule is CCCNC1(C#N)CCCC1CCN(CC)CC(C)CC. The van der Waals surface area contributed by atoms with Crippen LogP contribution >= 0.6 is 0 Å². The Morgan fingerprint density at radius 2 is 2.14 bits per heavy atom. The summed E-state index contributed by atoms with van der Waals surface area (Å²) in [6.07, 6.45) is 6.96. The van der Waals surface area contributed by atoms with Crippen LogP contribution in [0.2, 0.25) is 0 Å². The Morgan fingerprint density at radius 3 is 2.71 bits per heavy atom. The Hall–Kier alpha value is -0.590. The summed E-state index contributed by atoms with van der Waals surface area (Å²) in [6, 6.07) is 2.63. The van der Waals surface area contributed by atoms with Gasteiger partial charge in [-0.3, -0.25) is 5.32 Å². The summed E-state index contributed by atoms with van der Waals surface area (Å²) >= 11 is 0. The second-order valence-corrected chi connectivity index (χ2v) is 6.79. The van der Waals surface area contributed by atoms with E-state index < -0.39 is 0 Å². The molecule has 1 aliphatic carbocycles. The summed E-state index contributed by atoms with van der Waals surface area (Å²) in [7, 11) is 0. The average Bonchev–Trinajstić information content (AvgIpc) is 2.92. The maximum atomic E-state index is 9.69. The van der Waals surface area contributed by atoms with Crippen molar-refractivity contribution in [2.45, 2.75) is 71.8 Å². The highest BCUT2D eigenvalue weighted by Crippen LogP contribution is 2.37. The quantitative estimate of drug-likeness (QED) is 0.666. The van der Waals surface area contributed by atoms with Crippen LogP contribution in [-0.2, 0) is 0 Å². The summed E-state index contributed by atoms with van der Waals surface area (Å²) in [4.78, 5) is 2.56. The minimum absolute atomic E-state index is 0.244. The van der Waals surface area contributed by atoms with Crippen LogP contribution in [0.5, 0.6) is 0 Å². The standard InChI is InChI=1S/C18H35N3/c1-5-12-20-18(15-19)11-8-9-17(18)10-13-21(7-3)14-16(4)6-2/h16-17,20H,5-14H2,1-4H3. The molecule has 0 aliphatic heterocycles. The van der Waals surface area contributed by atoms with Crippen molar-refractivity contribution in [1.82, 2.24) is 10.2 Å². The van der Waals surface area contributed by atoms with Crippen LogP contribution in [0.1, 0.15) is 66.2 Å². The smallest absolute Gasteiger partial charge is 0.109 e. The molecule has 0 heterocycles. The summed E-state index contributed by atoms with van der Waals surface area (Å²) in [5, 5.41) is 13.3. The Labute approximate surface area is 132 Å². The van der Waals surface area contributed by atoms with E-state index in [-0.39, 0.29) is 5.54 Å². The number of nitriles is 1. The molecule has 3 unspecified atom stereocenters. The Bertz CT molecular complexity index is 323. The lowest BCUT2D eigenvalue weighted by Gasteiger charge is -2.32. The monoisotopic (exact) mass is 293 g/mol. The van der Waals surface area contributed by atoms with Gasteiger partial charge in [0.2, 0.25) is 0 Å². The normalized spacial score (nSPS) is 27.0. The molecule has 0 bridgehead atoms. The Kier molecular flexibility index (Phi) is 8.29. The Balaban J connectivity index is 2.53. The highest BCUT2D eigenvalue weighted by Gasteiger charge is 2.42. The van der Waals surface area contributed by atoms with E-state index in [1.165, 1.54) is 25.8 Å². The van der Waals surface area contributed by atoms with E-state index >= 15 is 0 Å². The minimum atomic E-state index is -0.244. The molecule has 0 radical (unpaired) electrons. The fourth-order valence-electron chi connectivity index (χ4n) is 3.52. The predicted molar refractivity (Wildman–Crippen MR) is 90.2 cm³/mol. The molecule has 3 nitrogen and oxygen atoms in total. The summed E-state index contributed by atoms with van der Waals surface area (Å²) in [5.41, 5.74) is -0.244. The van der Waals surface area contributed by atoms with Crippen LogP contribution in [0.15, 0.2) is 0 Å². The van der Waals surface area contributed by atoms with Crippen molar-refractivity contribution in [3.05, 3.63) is 0 Å². The van der Waals surface area contributed by atoms with Gasteiger partial charge in [-0.05, 0) is 57.2 Å². The predicted octanol–water partition coefficient (Wildman–Crippen LogP) is 3.81. The van der Waals surface area contributed by atoms with Gasteiger partial charge in [-0.1, -0.05) is 40.5 Å². The van der Waals surface area contributed by atoms with Gasteiger partial charge in [0, 0.05) is 6.54 Å². The van der Waals surface area contributed by atoms with E-state index in [0.717, 1.165) is 44.8 Å². The van der Waals surface area contributed by atoms with Gasteiger partial charge in [0.15, 0.2) is 0 Å². The second kappa shape index (κ2) is 9.43. The molecule has 3 atom stereocenters. The van der Waals surface area contributed by atoms with E-state index in [0.29, 0.717) is 5.92 Å². The van der Waals surface area contributed by atoms with Gasteiger partial charge >= 0.3 is 0 Å². The van der Waals surface area contributed by atoms with Crippen molar-refractivity contribution in [2.24, 2.45) is 11.8 Å². The molecule has 3 heteroatoms. The maximum absolute atomic E-state index is 9.69. The first-order chi connectivity index (χ1) is 10.1. The zero-order valence-corrected chi connectivity index (χ0v) is 14.6. The average molecular weight is 293 g/mol. The molecule has 1 N–H and O–H groups in total. The lowest BCUT2D eigenvalue weighted by Crippen LogP contribution is -2.48. The van der Waals surface area contributed by atoms with E-state index in [1.54, 1.807) is 0 Å². The van der Waals surface area contributed by atoms with Crippen LogP contribution in [0.3, 0.4) is 0 Å². The van der Waals surface area contributed by atoms with Crippen LogP contribution in [0.25, 0.3) is 0 Å². The topological polar surface area (TPSA) is 39.1 Å². The van der Waals surface area contributed by atoms with Gasteiger partial charge < -0.3 is 4.90 Å². The van der Waals surface area contributed by atoms with Crippen LogP contribution in [-0.4, -0.2) is 36.6 Å². The largest absolute Gasteiger partial charge is 0.303 e. The van der Waals surface area contributed by atoms with E-state index in [2.05, 4.69) is 44.0 Å². The van der Waals surface area contributed by atoms with Gasteiger partial charge in [0.25, 0.3) is 0 Å². The third kappa shape index (κ3) is 5.27. The second-order valence-electron chi connectivity index (χ2n) is 6.79. The first-order valence-electron chi connectivity index (χ1n) is 9.00. The summed E-state index contributed by atoms with van der Waals surface area (Å²) in [5.74, 6) is 1.30. The van der Waals surface area contributed by atoms with Crippen molar-refractivity contribution < 1.29 is 0 Å². The number of hydrogen-bond donors (Lipinski definition) is 1. The summed E-state index contributed by atoms with van der Waals surface area (Å²) in [6.45, 7) is 13.5. The molecule has 1 saturated carbocycles. The molecule has 0 spiro atoms. The lowest BCUT2D eigenvalue weighted by atomic mass is 9.85. The molecular formula is C18H35N3. The molecule has 1 fully saturated rings. The van der Waals surface area contributed by atoms with Crippen LogP contribution in [0.4, 0.5) is 0 Å².